The number of nitrogens with zero attached hydrogens (tertiary/aromatic N) is 1. The lowest BCUT2D eigenvalue weighted by atomic mass is 10.1. The number of aromatic nitrogens is 1. The van der Waals surface area contributed by atoms with Crippen molar-refractivity contribution in [3.63, 3.8) is 0 Å². The number of halogens is 1. The highest BCUT2D eigenvalue weighted by atomic mass is 35.5. The quantitative estimate of drug-likeness (QED) is 0.603. The SMILES string of the molecule is CC[NH+](CC)Cc1ccc(CNC(=O)CNC(=O)c2cc(Cl)ccn2)cc1. The second-order valence-corrected chi connectivity index (χ2v) is 6.71. The summed E-state index contributed by atoms with van der Waals surface area (Å²) in [5.41, 5.74) is 2.48. The van der Waals surface area contributed by atoms with Crippen LogP contribution in [0.5, 0.6) is 0 Å². The molecule has 6 nitrogen and oxygen atoms in total. The van der Waals surface area contributed by atoms with Crippen LogP contribution in [-0.2, 0) is 17.9 Å². The molecule has 0 fully saturated rings. The first-order valence-corrected chi connectivity index (χ1v) is 9.47. The normalized spacial score (nSPS) is 10.7. The van der Waals surface area contributed by atoms with E-state index in [1.165, 1.54) is 22.7 Å². The van der Waals surface area contributed by atoms with Gasteiger partial charge in [-0.05, 0) is 31.5 Å². The molecule has 0 saturated carbocycles. The molecule has 1 aromatic carbocycles. The summed E-state index contributed by atoms with van der Waals surface area (Å²) in [6.07, 6.45) is 1.45. The van der Waals surface area contributed by atoms with Gasteiger partial charge in [0.15, 0.2) is 0 Å². The van der Waals surface area contributed by atoms with Gasteiger partial charge in [0, 0.05) is 23.3 Å². The minimum atomic E-state index is -0.434. The number of amides is 2. The third-order valence-electron chi connectivity index (χ3n) is 4.33. The molecule has 1 heterocycles. The highest BCUT2D eigenvalue weighted by Crippen LogP contribution is 2.07. The van der Waals surface area contributed by atoms with Crippen molar-refractivity contribution in [2.45, 2.75) is 26.9 Å². The molecule has 0 aliphatic carbocycles. The van der Waals surface area contributed by atoms with Crippen LogP contribution < -0.4 is 15.5 Å². The Bertz CT molecular complexity index is 761. The Kier molecular flexibility index (Phi) is 8.23. The topological polar surface area (TPSA) is 75.5 Å². The van der Waals surface area contributed by atoms with Gasteiger partial charge in [0.25, 0.3) is 5.91 Å². The van der Waals surface area contributed by atoms with Crippen molar-refractivity contribution in [3.05, 3.63) is 64.4 Å². The van der Waals surface area contributed by atoms with Gasteiger partial charge >= 0.3 is 0 Å². The van der Waals surface area contributed by atoms with Crippen molar-refractivity contribution >= 4 is 23.4 Å². The molecule has 0 bridgehead atoms. The zero-order valence-corrected chi connectivity index (χ0v) is 16.5. The van der Waals surface area contributed by atoms with E-state index < -0.39 is 5.91 Å². The van der Waals surface area contributed by atoms with Crippen LogP contribution in [0.3, 0.4) is 0 Å². The fraction of sp³-hybridized carbons (Fsp3) is 0.350. The van der Waals surface area contributed by atoms with Crippen molar-refractivity contribution in [2.24, 2.45) is 0 Å². The second-order valence-electron chi connectivity index (χ2n) is 6.27. The summed E-state index contributed by atoms with van der Waals surface area (Å²) < 4.78 is 0. The third-order valence-corrected chi connectivity index (χ3v) is 4.57. The number of pyridine rings is 1. The standard InChI is InChI=1S/C20H25ClN4O2/c1-3-25(4-2)14-16-7-5-15(6-8-16)12-23-19(26)13-24-20(27)18-11-17(21)9-10-22-18/h5-11H,3-4,12-14H2,1-2H3,(H,23,26)(H,24,27)/p+1. The van der Waals surface area contributed by atoms with Gasteiger partial charge < -0.3 is 15.5 Å². The first-order valence-electron chi connectivity index (χ1n) is 9.09. The van der Waals surface area contributed by atoms with Gasteiger partial charge in [-0.25, -0.2) is 0 Å². The fourth-order valence-corrected chi connectivity index (χ4v) is 2.77. The molecule has 1 aromatic heterocycles. The summed E-state index contributed by atoms with van der Waals surface area (Å²) in [7, 11) is 0. The Morgan fingerprint density at radius 1 is 1.04 bits per heavy atom. The molecule has 2 rings (SSSR count). The van der Waals surface area contributed by atoms with Crippen molar-refractivity contribution < 1.29 is 14.5 Å². The molecule has 0 spiro atoms. The maximum absolute atomic E-state index is 11.9. The number of nitrogens with one attached hydrogen (secondary N) is 3. The molecule has 3 N–H and O–H groups in total. The zero-order valence-electron chi connectivity index (χ0n) is 15.7. The molecule has 0 radical (unpaired) electrons. The van der Waals surface area contributed by atoms with Crippen LogP contribution in [0.15, 0.2) is 42.6 Å². The van der Waals surface area contributed by atoms with E-state index in [9.17, 15) is 9.59 Å². The molecule has 144 valence electrons. The monoisotopic (exact) mass is 389 g/mol. The maximum atomic E-state index is 11.9. The Labute approximate surface area is 164 Å². The predicted octanol–water partition coefficient (Wildman–Crippen LogP) is 1.21. The van der Waals surface area contributed by atoms with Crippen LogP contribution in [-0.4, -0.2) is 36.4 Å². The molecule has 0 unspecified atom stereocenters. The highest BCUT2D eigenvalue weighted by molar-refractivity contribution is 6.30. The third kappa shape index (κ3) is 7.00. The van der Waals surface area contributed by atoms with E-state index in [1.807, 2.05) is 12.1 Å². The van der Waals surface area contributed by atoms with Crippen molar-refractivity contribution in [3.8, 4) is 0 Å². The van der Waals surface area contributed by atoms with Gasteiger partial charge in [0.1, 0.15) is 12.2 Å². The molecule has 0 atom stereocenters. The molecule has 2 amide bonds. The van der Waals surface area contributed by atoms with Gasteiger partial charge in [-0.2, -0.15) is 0 Å². The summed E-state index contributed by atoms with van der Waals surface area (Å²) in [6, 6.07) is 11.3. The van der Waals surface area contributed by atoms with Gasteiger partial charge in [-0.3, -0.25) is 14.6 Å². The lowest BCUT2D eigenvalue weighted by molar-refractivity contribution is -0.910. The summed E-state index contributed by atoms with van der Waals surface area (Å²) in [5, 5.41) is 5.75. The van der Waals surface area contributed by atoms with E-state index in [4.69, 9.17) is 11.6 Å². The molecule has 0 aliphatic heterocycles. The fourth-order valence-electron chi connectivity index (χ4n) is 2.61. The van der Waals surface area contributed by atoms with Crippen LogP contribution >= 0.6 is 11.6 Å². The number of rotatable bonds is 9. The summed E-state index contributed by atoms with van der Waals surface area (Å²) in [5.74, 6) is -0.696. The summed E-state index contributed by atoms with van der Waals surface area (Å²) in [4.78, 5) is 29.3. The molecule has 7 heteroatoms. The first-order chi connectivity index (χ1) is 13.0. The Hall–Kier alpha value is -2.44. The largest absolute Gasteiger partial charge is 0.350 e. The van der Waals surface area contributed by atoms with E-state index in [2.05, 4.69) is 41.6 Å². The lowest BCUT2D eigenvalue weighted by Gasteiger charge is -2.15. The minimum absolute atomic E-state index is 0.115. The van der Waals surface area contributed by atoms with Crippen LogP contribution in [0.25, 0.3) is 0 Å². The van der Waals surface area contributed by atoms with Crippen LogP contribution in [0.2, 0.25) is 5.02 Å². The van der Waals surface area contributed by atoms with Crippen LogP contribution in [0.4, 0.5) is 0 Å². The maximum Gasteiger partial charge on any atom is 0.270 e. The smallest absolute Gasteiger partial charge is 0.270 e. The summed E-state index contributed by atoms with van der Waals surface area (Å²) >= 11 is 5.82. The van der Waals surface area contributed by atoms with E-state index >= 15 is 0 Å². The number of hydrogen-bond acceptors (Lipinski definition) is 3. The Morgan fingerprint density at radius 3 is 2.33 bits per heavy atom. The Morgan fingerprint density at radius 2 is 1.70 bits per heavy atom. The van der Waals surface area contributed by atoms with Gasteiger partial charge in [-0.1, -0.05) is 35.9 Å². The zero-order chi connectivity index (χ0) is 19.6. The molecule has 0 saturated heterocycles. The van der Waals surface area contributed by atoms with Crippen molar-refractivity contribution in [1.82, 2.24) is 15.6 Å². The lowest BCUT2D eigenvalue weighted by Crippen LogP contribution is -3.10. The van der Waals surface area contributed by atoms with E-state index in [1.54, 1.807) is 6.07 Å². The van der Waals surface area contributed by atoms with E-state index in [-0.39, 0.29) is 18.1 Å². The van der Waals surface area contributed by atoms with E-state index in [0.717, 1.165) is 25.2 Å². The highest BCUT2D eigenvalue weighted by Gasteiger charge is 2.10. The minimum Gasteiger partial charge on any atom is -0.350 e. The number of carbonyl (C=O) groups is 2. The molecular weight excluding hydrogens is 364 g/mol. The van der Waals surface area contributed by atoms with Gasteiger partial charge in [0.2, 0.25) is 5.91 Å². The van der Waals surface area contributed by atoms with Crippen molar-refractivity contribution in [2.75, 3.05) is 19.6 Å². The predicted molar refractivity (Wildman–Crippen MR) is 106 cm³/mol. The van der Waals surface area contributed by atoms with Crippen LogP contribution in [0, 0.1) is 0 Å². The molecule has 27 heavy (non-hydrogen) atoms. The molecule has 0 aliphatic rings. The average molecular weight is 390 g/mol. The Balaban J connectivity index is 1.76. The average Bonchev–Trinajstić information content (AvgIpc) is 2.69. The second kappa shape index (κ2) is 10.6. The number of carbonyl (C=O) groups excluding carboxylic acids is 2. The first kappa shape index (κ1) is 20.9. The van der Waals surface area contributed by atoms with Crippen LogP contribution in [0.1, 0.15) is 35.5 Å². The van der Waals surface area contributed by atoms with Gasteiger partial charge in [-0.15, -0.1) is 0 Å². The molecular formula is C20H26ClN4O2+. The number of quaternary nitrogens is 1. The van der Waals surface area contributed by atoms with Gasteiger partial charge in [0.05, 0.1) is 19.6 Å². The summed E-state index contributed by atoms with van der Waals surface area (Å²) in [6.45, 7) is 7.88. The molecule has 2 aromatic rings. The van der Waals surface area contributed by atoms with Crippen molar-refractivity contribution in [1.29, 1.82) is 0 Å². The van der Waals surface area contributed by atoms with E-state index in [0.29, 0.717) is 11.6 Å². The number of benzene rings is 1. The number of hydrogen-bond donors (Lipinski definition) is 3.